The zero-order valence-electron chi connectivity index (χ0n) is 13.8. The Morgan fingerprint density at radius 3 is 2.33 bits per heavy atom. The molecule has 0 atom stereocenters. The summed E-state index contributed by atoms with van der Waals surface area (Å²) < 4.78 is 32.1. The highest BCUT2D eigenvalue weighted by Crippen LogP contribution is 2.15. The number of hydrogen-bond donors (Lipinski definition) is 0. The van der Waals surface area contributed by atoms with E-state index in [4.69, 9.17) is 4.42 Å². The van der Waals surface area contributed by atoms with Crippen LogP contribution < -0.4 is 0 Å². The maximum Gasteiger partial charge on any atom is 0.230 e. The van der Waals surface area contributed by atoms with Gasteiger partial charge >= 0.3 is 0 Å². The Kier molecular flexibility index (Phi) is 5.27. The van der Waals surface area contributed by atoms with Gasteiger partial charge in [0.05, 0.1) is 12.3 Å². The van der Waals surface area contributed by atoms with Crippen molar-refractivity contribution in [3.63, 3.8) is 0 Å². The molecule has 0 saturated carbocycles. The molecule has 0 bridgehead atoms. The summed E-state index contributed by atoms with van der Waals surface area (Å²) in [7, 11) is -3.28. The van der Waals surface area contributed by atoms with E-state index in [0.29, 0.717) is 44.5 Å². The van der Waals surface area contributed by atoms with Crippen LogP contribution in [0.4, 0.5) is 0 Å². The fourth-order valence-electron chi connectivity index (χ4n) is 2.73. The number of nitrogens with zero attached hydrogens (tertiary/aromatic N) is 4. The summed E-state index contributed by atoms with van der Waals surface area (Å²) in [6.45, 7) is 4.84. The molecule has 0 amide bonds. The minimum atomic E-state index is -3.28. The lowest BCUT2D eigenvalue weighted by Crippen LogP contribution is -2.48. The number of benzene rings is 1. The van der Waals surface area contributed by atoms with Gasteiger partial charge in [0.15, 0.2) is 0 Å². The molecule has 2 heterocycles. The van der Waals surface area contributed by atoms with E-state index in [-0.39, 0.29) is 5.75 Å². The van der Waals surface area contributed by atoms with E-state index in [2.05, 4.69) is 15.1 Å². The molecule has 7 nitrogen and oxygen atoms in total. The molecule has 0 radical (unpaired) electrons. The lowest BCUT2D eigenvalue weighted by molar-refractivity contribution is 0.167. The Bertz CT molecular complexity index is 753. The summed E-state index contributed by atoms with van der Waals surface area (Å²) in [4.78, 5) is 2.14. The van der Waals surface area contributed by atoms with Crippen molar-refractivity contribution < 1.29 is 12.8 Å². The number of aryl methyl sites for hydroxylation is 1. The van der Waals surface area contributed by atoms with Crippen LogP contribution in [0.15, 0.2) is 34.7 Å². The van der Waals surface area contributed by atoms with Crippen molar-refractivity contribution in [1.82, 2.24) is 19.4 Å². The van der Waals surface area contributed by atoms with Crippen molar-refractivity contribution in [2.24, 2.45) is 0 Å². The zero-order chi connectivity index (χ0) is 17.0. The number of piperazine rings is 1. The van der Waals surface area contributed by atoms with Crippen LogP contribution in [-0.4, -0.2) is 54.0 Å². The lowest BCUT2D eigenvalue weighted by Gasteiger charge is -2.33. The second kappa shape index (κ2) is 7.42. The molecule has 0 unspecified atom stereocenters. The van der Waals surface area contributed by atoms with Gasteiger partial charge in [-0.1, -0.05) is 37.3 Å². The van der Waals surface area contributed by atoms with Crippen molar-refractivity contribution in [1.29, 1.82) is 0 Å². The summed E-state index contributed by atoms with van der Waals surface area (Å²) in [6.07, 6.45) is 0.721. The van der Waals surface area contributed by atoms with Crippen molar-refractivity contribution in [2.75, 3.05) is 26.2 Å². The first-order valence-electron chi connectivity index (χ1n) is 8.12. The molecule has 0 aliphatic carbocycles. The Balaban J connectivity index is 1.54. The largest absolute Gasteiger partial charge is 0.424 e. The topological polar surface area (TPSA) is 79.5 Å². The molecule has 3 rings (SSSR count). The second-order valence-electron chi connectivity index (χ2n) is 5.86. The number of rotatable bonds is 6. The molecule has 130 valence electrons. The fourth-order valence-corrected chi connectivity index (χ4v) is 4.24. The number of aromatic nitrogens is 2. The van der Waals surface area contributed by atoms with E-state index in [1.807, 2.05) is 37.3 Å². The van der Waals surface area contributed by atoms with Crippen LogP contribution in [0, 0.1) is 0 Å². The summed E-state index contributed by atoms with van der Waals surface area (Å²) in [5.74, 6) is 1.28. The molecule has 0 spiro atoms. The highest BCUT2D eigenvalue weighted by Gasteiger charge is 2.27. The predicted molar refractivity (Wildman–Crippen MR) is 89.6 cm³/mol. The molecule has 8 heteroatoms. The van der Waals surface area contributed by atoms with Gasteiger partial charge in [0.1, 0.15) is 0 Å². The second-order valence-corrected chi connectivity index (χ2v) is 7.83. The van der Waals surface area contributed by atoms with E-state index in [9.17, 15) is 8.42 Å². The van der Waals surface area contributed by atoms with E-state index >= 15 is 0 Å². The summed E-state index contributed by atoms with van der Waals surface area (Å²) in [6, 6.07) is 9.29. The van der Waals surface area contributed by atoms with Gasteiger partial charge in [-0.05, 0) is 5.56 Å². The number of hydrogen-bond acceptors (Lipinski definition) is 6. The highest BCUT2D eigenvalue weighted by atomic mass is 32.2. The fraction of sp³-hybridized carbons (Fsp3) is 0.500. The molecule has 1 aromatic carbocycles. The molecule has 1 saturated heterocycles. The molecule has 1 fully saturated rings. The van der Waals surface area contributed by atoms with Gasteiger partial charge < -0.3 is 4.42 Å². The van der Waals surface area contributed by atoms with E-state index in [1.54, 1.807) is 4.31 Å². The van der Waals surface area contributed by atoms with Crippen molar-refractivity contribution in [2.45, 2.75) is 25.6 Å². The summed E-state index contributed by atoms with van der Waals surface area (Å²) in [5.41, 5.74) is 0.817. The minimum Gasteiger partial charge on any atom is -0.424 e. The van der Waals surface area contributed by atoms with E-state index in [1.165, 1.54) is 0 Å². The SMILES string of the molecule is CCc1nnc(CN2CCN(S(=O)(=O)Cc3ccccc3)CC2)o1. The third-order valence-electron chi connectivity index (χ3n) is 4.09. The van der Waals surface area contributed by atoms with Crippen molar-refractivity contribution in [3.8, 4) is 0 Å². The molecule has 1 aliphatic heterocycles. The molecule has 1 aromatic heterocycles. The van der Waals surface area contributed by atoms with E-state index in [0.717, 1.165) is 12.0 Å². The quantitative estimate of drug-likeness (QED) is 0.781. The Hall–Kier alpha value is -1.77. The smallest absolute Gasteiger partial charge is 0.230 e. The molecule has 24 heavy (non-hydrogen) atoms. The monoisotopic (exact) mass is 350 g/mol. The Labute approximate surface area is 142 Å². The van der Waals surface area contributed by atoms with Gasteiger partial charge in [-0.3, -0.25) is 4.90 Å². The minimum absolute atomic E-state index is 0.0529. The molecular formula is C16H22N4O3S. The maximum atomic E-state index is 12.5. The highest BCUT2D eigenvalue weighted by molar-refractivity contribution is 7.88. The average molecular weight is 350 g/mol. The van der Waals surface area contributed by atoms with Crippen LogP contribution >= 0.6 is 0 Å². The first-order chi connectivity index (χ1) is 11.6. The normalized spacial score (nSPS) is 17.2. The van der Waals surface area contributed by atoms with Gasteiger partial charge in [-0.25, -0.2) is 8.42 Å². The third-order valence-corrected chi connectivity index (χ3v) is 5.94. The zero-order valence-corrected chi connectivity index (χ0v) is 14.6. The van der Waals surface area contributed by atoms with Gasteiger partial charge in [-0.2, -0.15) is 4.31 Å². The van der Waals surface area contributed by atoms with Crippen LogP contribution in [0.1, 0.15) is 24.3 Å². The molecule has 2 aromatic rings. The standard InChI is InChI=1S/C16H22N4O3S/c1-2-15-17-18-16(23-15)12-19-8-10-20(11-9-19)24(21,22)13-14-6-4-3-5-7-14/h3-7H,2,8-13H2,1H3. The first kappa shape index (κ1) is 17.1. The van der Waals surface area contributed by atoms with Crippen LogP contribution in [0.25, 0.3) is 0 Å². The third kappa shape index (κ3) is 4.19. The van der Waals surface area contributed by atoms with Gasteiger partial charge in [0, 0.05) is 32.6 Å². The van der Waals surface area contributed by atoms with E-state index < -0.39 is 10.0 Å². The summed E-state index contributed by atoms with van der Waals surface area (Å²) in [5, 5.41) is 7.97. The first-order valence-corrected chi connectivity index (χ1v) is 9.73. The van der Waals surface area contributed by atoms with Crippen LogP contribution in [0.5, 0.6) is 0 Å². The summed E-state index contributed by atoms with van der Waals surface area (Å²) >= 11 is 0. The van der Waals surface area contributed by atoms with Gasteiger partial charge in [0.2, 0.25) is 21.8 Å². The lowest BCUT2D eigenvalue weighted by atomic mass is 10.2. The molecule has 0 N–H and O–H groups in total. The van der Waals surface area contributed by atoms with Crippen LogP contribution in [0.2, 0.25) is 0 Å². The van der Waals surface area contributed by atoms with Crippen LogP contribution in [0.3, 0.4) is 0 Å². The average Bonchev–Trinajstić information content (AvgIpc) is 3.03. The van der Waals surface area contributed by atoms with Gasteiger partial charge in [-0.15, -0.1) is 10.2 Å². The Morgan fingerprint density at radius 1 is 1.04 bits per heavy atom. The molecular weight excluding hydrogens is 328 g/mol. The predicted octanol–water partition coefficient (Wildman–Crippen LogP) is 1.28. The maximum absolute atomic E-state index is 12.5. The van der Waals surface area contributed by atoms with Crippen molar-refractivity contribution in [3.05, 3.63) is 47.7 Å². The van der Waals surface area contributed by atoms with Crippen LogP contribution in [-0.2, 0) is 28.7 Å². The number of sulfonamides is 1. The van der Waals surface area contributed by atoms with Crippen molar-refractivity contribution >= 4 is 10.0 Å². The van der Waals surface area contributed by atoms with Gasteiger partial charge in [0.25, 0.3) is 0 Å². The molecule has 1 aliphatic rings. The Morgan fingerprint density at radius 2 is 1.71 bits per heavy atom.